The molecule has 1 aromatic rings. The van der Waals surface area contributed by atoms with E-state index in [9.17, 15) is 14.4 Å². The maximum Gasteiger partial charge on any atom is 0.323 e. The van der Waals surface area contributed by atoms with Gasteiger partial charge in [0.05, 0.1) is 12.8 Å². The molecule has 24 heavy (non-hydrogen) atoms. The van der Waals surface area contributed by atoms with Crippen molar-refractivity contribution in [3.8, 4) is 5.75 Å². The first-order valence-electron chi connectivity index (χ1n) is 7.72. The van der Waals surface area contributed by atoms with Crippen LogP contribution >= 0.6 is 0 Å². The number of carboxylic acid groups (broad SMARTS) is 1. The van der Waals surface area contributed by atoms with Gasteiger partial charge in [-0.3, -0.25) is 14.5 Å². The number of carboxylic acids is 1. The van der Waals surface area contributed by atoms with Crippen molar-refractivity contribution in [1.29, 1.82) is 0 Å². The third-order valence-corrected chi connectivity index (χ3v) is 3.68. The van der Waals surface area contributed by atoms with Gasteiger partial charge in [-0.05, 0) is 24.6 Å². The van der Waals surface area contributed by atoms with Crippen LogP contribution in [0.4, 0.5) is 10.5 Å². The molecule has 0 saturated carbocycles. The third-order valence-electron chi connectivity index (χ3n) is 3.68. The van der Waals surface area contributed by atoms with E-state index in [-0.39, 0.29) is 18.5 Å². The molecule has 0 atom stereocenters. The Balaban J connectivity index is 2.34. The molecular weight excluding hydrogens is 314 g/mol. The number of methoxy groups -OCH3 is 1. The molecule has 0 aliphatic carbocycles. The molecule has 1 aromatic carbocycles. The Bertz CT molecular complexity index is 647. The molecule has 0 aromatic heterocycles. The van der Waals surface area contributed by atoms with E-state index in [0.29, 0.717) is 43.1 Å². The van der Waals surface area contributed by atoms with Crippen LogP contribution in [0.25, 0.3) is 0 Å². The van der Waals surface area contributed by atoms with E-state index in [0.717, 1.165) is 0 Å². The van der Waals surface area contributed by atoms with E-state index < -0.39 is 5.97 Å². The summed E-state index contributed by atoms with van der Waals surface area (Å²) in [6.07, 6.45) is 0.649. The summed E-state index contributed by atoms with van der Waals surface area (Å²) in [7, 11) is 1.49. The van der Waals surface area contributed by atoms with Gasteiger partial charge in [0, 0.05) is 25.2 Å². The highest BCUT2D eigenvalue weighted by Gasteiger charge is 2.26. The number of nitrogens with one attached hydrogen (secondary N) is 1. The summed E-state index contributed by atoms with van der Waals surface area (Å²) in [6, 6.07) is 4.49. The molecule has 0 spiro atoms. The summed E-state index contributed by atoms with van der Waals surface area (Å²) in [4.78, 5) is 38.3. The summed E-state index contributed by atoms with van der Waals surface area (Å²) in [5.74, 6) is -0.976. The average molecular weight is 335 g/mol. The number of amides is 3. The Labute approximate surface area is 140 Å². The van der Waals surface area contributed by atoms with Crippen molar-refractivity contribution in [2.24, 2.45) is 0 Å². The van der Waals surface area contributed by atoms with Crippen LogP contribution < -0.4 is 15.0 Å². The van der Waals surface area contributed by atoms with Gasteiger partial charge in [-0.25, -0.2) is 4.79 Å². The highest BCUT2D eigenvalue weighted by molar-refractivity contribution is 6.00. The number of nitrogens with zero attached hydrogens (tertiary/aromatic N) is 2. The zero-order valence-corrected chi connectivity index (χ0v) is 13.7. The molecule has 8 nitrogen and oxygen atoms in total. The van der Waals surface area contributed by atoms with E-state index in [1.54, 1.807) is 18.2 Å². The molecule has 1 heterocycles. The first-order valence-corrected chi connectivity index (χ1v) is 7.72. The maximum absolute atomic E-state index is 12.6. The molecule has 1 fully saturated rings. The molecule has 130 valence electrons. The topological polar surface area (TPSA) is 99.2 Å². The minimum atomic E-state index is -1.07. The summed E-state index contributed by atoms with van der Waals surface area (Å²) in [6.45, 7) is 2.84. The van der Waals surface area contributed by atoms with Gasteiger partial charge in [0.15, 0.2) is 0 Å². The van der Waals surface area contributed by atoms with Crippen LogP contribution in [-0.4, -0.2) is 61.2 Å². The van der Waals surface area contributed by atoms with E-state index >= 15 is 0 Å². The first kappa shape index (κ1) is 17.6. The number of hydrogen-bond acceptors (Lipinski definition) is 4. The lowest BCUT2D eigenvalue weighted by molar-refractivity contribution is -0.137. The van der Waals surface area contributed by atoms with E-state index in [4.69, 9.17) is 9.84 Å². The Morgan fingerprint density at radius 2 is 2.17 bits per heavy atom. The highest BCUT2D eigenvalue weighted by atomic mass is 16.5. The van der Waals surface area contributed by atoms with Crippen LogP contribution in [0.15, 0.2) is 18.2 Å². The molecular formula is C16H21N3O5. The molecule has 1 aliphatic heterocycles. The lowest BCUT2D eigenvalue weighted by atomic mass is 10.1. The predicted molar refractivity (Wildman–Crippen MR) is 87.6 cm³/mol. The second kappa shape index (κ2) is 7.67. The fourth-order valence-corrected chi connectivity index (χ4v) is 2.60. The molecule has 0 unspecified atom stereocenters. The lowest BCUT2D eigenvalue weighted by Crippen LogP contribution is -2.36. The van der Waals surface area contributed by atoms with Crippen LogP contribution in [-0.2, 0) is 4.79 Å². The van der Waals surface area contributed by atoms with Gasteiger partial charge in [0.1, 0.15) is 12.3 Å². The fourth-order valence-electron chi connectivity index (χ4n) is 2.60. The second-order valence-corrected chi connectivity index (χ2v) is 5.39. The molecule has 3 amide bonds. The van der Waals surface area contributed by atoms with Crippen LogP contribution in [0.2, 0.25) is 0 Å². The van der Waals surface area contributed by atoms with Crippen LogP contribution in [0.1, 0.15) is 23.7 Å². The number of carbonyl (C=O) groups excluding carboxylic acids is 2. The van der Waals surface area contributed by atoms with Gasteiger partial charge < -0.3 is 20.1 Å². The van der Waals surface area contributed by atoms with E-state index in [1.807, 2.05) is 6.92 Å². The van der Waals surface area contributed by atoms with E-state index in [1.165, 1.54) is 16.9 Å². The van der Waals surface area contributed by atoms with Gasteiger partial charge in [0.2, 0.25) is 0 Å². The van der Waals surface area contributed by atoms with Crippen molar-refractivity contribution < 1.29 is 24.2 Å². The van der Waals surface area contributed by atoms with Gasteiger partial charge in [0.25, 0.3) is 5.91 Å². The maximum atomic E-state index is 12.6. The Hall–Kier alpha value is -2.77. The van der Waals surface area contributed by atoms with Crippen molar-refractivity contribution in [2.75, 3.05) is 38.2 Å². The molecule has 2 N–H and O–H groups in total. The van der Waals surface area contributed by atoms with Gasteiger partial charge in [-0.2, -0.15) is 0 Å². The van der Waals surface area contributed by atoms with Crippen molar-refractivity contribution in [3.05, 3.63) is 23.8 Å². The van der Waals surface area contributed by atoms with Gasteiger partial charge in [-0.15, -0.1) is 0 Å². The molecule has 0 radical (unpaired) electrons. The Morgan fingerprint density at radius 1 is 1.42 bits per heavy atom. The fraction of sp³-hybridized carbons (Fsp3) is 0.438. The van der Waals surface area contributed by atoms with Gasteiger partial charge >= 0.3 is 12.0 Å². The third kappa shape index (κ3) is 3.76. The predicted octanol–water partition coefficient (Wildman–Crippen LogP) is 1.16. The number of rotatable bonds is 7. The van der Waals surface area contributed by atoms with Crippen molar-refractivity contribution in [1.82, 2.24) is 10.2 Å². The Morgan fingerprint density at radius 3 is 2.71 bits per heavy atom. The molecule has 2 rings (SSSR count). The molecule has 1 saturated heterocycles. The monoisotopic (exact) mass is 335 g/mol. The van der Waals surface area contributed by atoms with Crippen molar-refractivity contribution in [3.63, 3.8) is 0 Å². The SMILES string of the molecule is CCCN(CC(=O)O)C(=O)c1ccc(OC)c(N2CCNC2=O)c1. The Kier molecular flexibility index (Phi) is 5.62. The smallest absolute Gasteiger partial charge is 0.323 e. The van der Waals surface area contributed by atoms with Crippen LogP contribution in [0, 0.1) is 0 Å². The number of urea groups is 1. The van der Waals surface area contributed by atoms with Crippen LogP contribution in [0.5, 0.6) is 5.75 Å². The lowest BCUT2D eigenvalue weighted by Gasteiger charge is -2.22. The highest BCUT2D eigenvalue weighted by Crippen LogP contribution is 2.30. The standard InChI is InChI=1S/C16H21N3O5/c1-3-7-18(10-14(20)21)15(22)11-4-5-13(24-2)12(9-11)19-8-6-17-16(19)23/h4-5,9H,3,6-8,10H2,1-2H3,(H,17,23)(H,20,21). The second-order valence-electron chi connectivity index (χ2n) is 5.39. The summed E-state index contributed by atoms with van der Waals surface area (Å²) in [5, 5.41) is 11.7. The quantitative estimate of drug-likeness (QED) is 0.779. The van der Waals surface area contributed by atoms with Gasteiger partial charge in [-0.1, -0.05) is 6.92 Å². The van der Waals surface area contributed by atoms with Crippen molar-refractivity contribution >= 4 is 23.6 Å². The number of aliphatic carboxylic acids is 1. The number of hydrogen-bond donors (Lipinski definition) is 2. The van der Waals surface area contributed by atoms with E-state index in [2.05, 4.69) is 5.32 Å². The van der Waals surface area contributed by atoms with Crippen molar-refractivity contribution in [2.45, 2.75) is 13.3 Å². The molecule has 1 aliphatic rings. The summed E-state index contributed by atoms with van der Waals surface area (Å²) >= 11 is 0. The normalized spacial score (nSPS) is 13.6. The molecule has 8 heteroatoms. The molecule has 0 bridgehead atoms. The summed E-state index contributed by atoms with van der Waals surface area (Å²) in [5.41, 5.74) is 0.810. The number of carbonyl (C=O) groups is 3. The minimum Gasteiger partial charge on any atom is -0.495 e. The van der Waals surface area contributed by atoms with Crippen LogP contribution in [0.3, 0.4) is 0 Å². The first-order chi connectivity index (χ1) is 11.5. The number of benzene rings is 1. The zero-order valence-electron chi connectivity index (χ0n) is 13.7. The average Bonchev–Trinajstić information content (AvgIpc) is 2.98. The zero-order chi connectivity index (χ0) is 17.7. The summed E-state index contributed by atoms with van der Waals surface area (Å²) < 4.78 is 5.27. The largest absolute Gasteiger partial charge is 0.495 e. The number of ether oxygens (including phenoxy) is 1. The minimum absolute atomic E-state index is 0.256. The number of anilines is 1.